The molecule has 1 amide bonds. The van der Waals surface area contributed by atoms with Crippen LogP contribution in [-0.2, 0) is 9.22 Å². The number of carbonyl (C=O) groups is 1. The lowest BCUT2D eigenvalue weighted by atomic mass is 9.91. The fraction of sp³-hybridized carbons (Fsp3) is 0.750. The van der Waals surface area contributed by atoms with Gasteiger partial charge in [0.2, 0.25) is 14.9 Å². The Morgan fingerprint density at radius 1 is 1.59 bits per heavy atom. The molecular formula is C12H22NO3Si. The molecule has 2 N–H and O–H groups in total. The van der Waals surface area contributed by atoms with E-state index < -0.39 is 9.04 Å². The SMILES string of the molecule is C[C@@H](O[Si](C)C(C)(C)C)[C@H]1C(=O)N/C1=C/CO. The zero-order valence-electron chi connectivity index (χ0n) is 11.2. The average Bonchev–Trinajstić information content (AvgIpc) is 2.15. The van der Waals surface area contributed by atoms with Crippen molar-refractivity contribution in [2.45, 2.75) is 45.4 Å². The topological polar surface area (TPSA) is 58.6 Å². The molecule has 0 aromatic carbocycles. The molecule has 0 bridgehead atoms. The van der Waals surface area contributed by atoms with Gasteiger partial charge in [-0.2, -0.15) is 0 Å². The van der Waals surface area contributed by atoms with Crippen LogP contribution >= 0.6 is 0 Å². The number of carbonyl (C=O) groups excluding carboxylic acids is 1. The first-order valence-corrected chi connectivity index (χ1v) is 7.80. The molecule has 1 saturated heterocycles. The van der Waals surface area contributed by atoms with Crippen LogP contribution in [0.3, 0.4) is 0 Å². The quantitative estimate of drug-likeness (QED) is 0.591. The van der Waals surface area contributed by atoms with Crippen LogP contribution in [0, 0.1) is 5.92 Å². The lowest BCUT2D eigenvalue weighted by Gasteiger charge is -2.37. The second-order valence-corrected chi connectivity index (χ2v) is 8.29. The second-order valence-electron chi connectivity index (χ2n) is 5.44. The Labute approximate surface area is 105 Å². The average molecular weight is 256 g/mol. The molecule has 0 spiro atoms. The standard InChI is InChI=1S/C12H22NO3Si/c1-8(16-17(5)12(2,3)4)10-9(6-7-14)13-11(10)15/h6,8,10,14H,7H2,1-5H3,(H,13,15)/b9-6+/t8-,10-/m1/s1. The van der Waals surface area contributed by atoms with E-state index >= 15 is 0 Å². The Morgan fingerprint density at radius 3 is 2.59 bits per heavy atom. The predicted octanol–water partition coefficient (Wildman–Crippen LogP) is 1.44. The van der Waals surface area contributed by atoms with E-state index in [-0.39, 0.29) is 29.6 Å². The largest absolute Gasteiger partial charge is 0.413 e. The van der Waals surface area contributed by atoms with Crippen LogP contribution in [0.15, 0.2) is 11.8 Å². The molecule has 5 heteroatoms. The molecule has 17 heavy (non-hydrogen) atoms. The Morgan fingerprint density at radius 2 is 2.18 bits per heavy atom. The van der Waals surface area contributed by atoms with Gasteiger partial charge in [-0.05, 0) is 24.6 Å². The summed E-state index contributed by atoms with van der Waals surface area (Å²) in [5.74, 6) is -0.245. The number of β-lactam (4-membered cyclic amide) rings is 1. The summed E-state index contributed by atoms with van der Waals surface area (Å²) in [4.78, 5) is 11.5. The third-order valence-electron chi connectivity index (χ3n) is 3.08. The van der Waals surface area contributed by atoms with Gasteiger partial charge in [0.25, 0.3) is 0 Å². The van der Waals surface area contributed by atoms with E-state index in [1.54, 1.807) is 6.08 Å². The molecule has 2 atom stereocenters. The van der Waals surface area contributed by atoms with Gasteiger partial charge in [0.15, 0.2) is 0 Å². The highest BCUT2D eigenvalue weighted by Crippen LogP contribution is 2.31. The summed E-state index contributed by atoms with van der Waals surface area (Å²) in [6.07, 6.45) is 1.50. The number of hydrogen-bond donors (Lipinski definition) is 2. The van der Waals surface area contributed by atoms with E-state index in [0.717, 1.165) is 5.70 Å². The summed E-state index contributed by atoms with van der Waals surface area (Å²) >= 11 is 0. The van der Waals surface area contributed by atoms with E-state index in [2.05, 4.69) is 32.6 Å². The fourth-order valence-corrected chi connectivity index (χ4v) is 2.67. The first kappa shape index (κ1) is 14.4. The maximum Gasteiger partial charge on any atom is 0.235 e. The molecule has 1 aliphatic heterocycles. The highest BCUT2D eigenvalue weighted by atomic mass is 28.3. The van der Waals surface area contributed by atoms with Gasteiger partial charge in [-0.3, -0.25) is 4.79 Å². The minimum Gasteiger partial charge on any atom is -0.413 e. The van der Waals surface area contributed by atoms with Crippen molar-refractivity contribution in [3.8, 4) is 0 Å². The summed E-state index contributed by atoms with van der Waals surface area (Å²) in [6.45, 7) is 10.4. The first-order chi connectivity index (χ1) is 7.77. The number of hydrogen-bond acceptors (Lipinski definition) is 3. The van der Waals surface area contributed by atoms with E-state index in [4.69, 9.17) is 9.53 Å². The number of rotatable bonds is 4. The third-order valence-corrected chi connectivity index (χ3v) is 5.92. The lowest BCUT2D eigenvalue weighted by Crippen LogP contribution is -2.53. The van der Waals surface area contributed by atoms with Gasteiger partial charge in [-0.1, -0.05) is 20.8 Å². The van der Waals surface area contributed by atoms with Gasteiger partial charge in [0, 0.05) is 5.70 Å². The van der Waals surface area contributed by atoms with Crippen molar-refractivity contribution in [1.29, 1.82) is 0 Å². The zero-order chi connectivity index (χ0) is 13.2. The molecule has 1 aliphatic rings. The molecular weight excluding hydrogens is 234 g/mol. The van der Waals surface area contributed by atoms with Gasteiger partial charge >= 0.3 is 0 Å². The van der Waals surface area contributed by atoms with Crippen LogP contribution in [0.5, 0.6) is 0 Å². The first-order valence-electron chi connectivity index (χ1n) is 5.90. The minimum absolute atomic E-state index is 0.0130. The monoisotopic (exact) mass is 256 g/mol. The van der Waals surface area contributed by atoms with Crippen molar-refractivity contribution in [2.24, 2.45) is 5.92 Å². The molecule has 1 heterocycles. The molecule has 1 fully saturated rings. The maximum absolute atomic E-state index is 11.5. The van der Waals surface area contributed by atoms with E-state index in [1.165, 1.54) is 0 Å². The lowest BCUT2D eigenvalue weighted by molar-refractivity contribution is -0.131. The molecule has 1 rings (SSSR count). The Hall–Kier alpha value is -0.653. The Bertz CT molecular complexity index is 322. The third kappa shape index (κ3) is 3.40. The van der Waals surface area contributed by atoms with Crippen LogP contribution < -0.4 is 5.32 Å². The molecule has 1 radical (unpaired) electrons. The number of nitrogens with one attached hydrogen (secondary N) is 1. The number of amides is 1. The van der Waals surface area contributed by atoms with Crippen LogP contribution in [0.4, 0.5) is 0 Å². The molecule has 4 nitrogen and oxygen atoms in total. The molecule has 0 aromatic rings. The van der Waals surface area contributed by atoms with Crippen LogP contribution in [0.25, 0.3) is 0 Å². The van der Waals surface area contributed by atoms with Crippen molar-refractivity contribution in [3.05, 3.63) is 11.8 Å². The Balaban J connectivity index is 2.61. The minimum atomic E-state index is -0.956. The molecule has 0 aliphatic carbocycles. The van der Waals surface area contributed by atoms with E-state index in [9.17, 15) is 4.79 Å². The van der Waals surface area contributed by atoms with Gasteiger partial charge in [-0.15, -0.1) is 0 Å². The van der Waals surface area contributed by atoms with E-state index in [0.29, 0.717) is 0 Å². The van der Waals surface area contributed by atoms with Crippen molar-refractivity contribution >= 4 is 14.9 Å². The van der Waals surface area contributed by atoms with E-state index in [1.807, 2.05) is 6.92 Å². The van der Waals surface area contributed by atoms with Gasteiger partial charge in [0.1, 0.15) is 5.92 Å². The van der Waals surface area contributed by atoms with Crippen molar-refractivity contribution < 1.29 is 14.3 Å². The molecule has 0 unspecified atom stereocenters. The maximum atomic E-state index is 11.5. The van der Waals surface area contributed by atoms with Crippen LogP contribution in [0.1, 0.15) is 27.7 Å². The Kier molecular flexibility index (Phi) is 4.52. The second kappa shape index (κ2) is 5.33. The highest BCUT2D eigenvalue weighted by molar-refractivity contribution is 6.53. The van der Waals surface area contributed by atoms with Crippen molar-refractivity contribution in [1.82, 2.24) is 5.32 Å². The van der Waals surface area contributed by atoms with Crippen molar-refractivity contribution in [2.75, 3.05) is 6.61 Å². The highest BCUT2D eigenvalue weighted by Gasteiger charge is 2.40. The summed E-state index contributed by atoms with van der Waals surface area (Å²) in [5, 5.41) is 11.7. The van der Waals surface area contributed by atoms with Crippen LogP contribution in [0.2, 0.25) is 11.6 Å². The molecule has 0 saturated carbocycles. The summed E-state index contributed by atoms with van der Waals surface area (Å²) < 4.78 is 5.98. The summed E-state index contributed by atoms with van der Waals surface area (Å²) in [5.41, 5.74) is 0.786. The van der Waals surface area contributed by atoms with Gasteiger partial charge in [0.05, 0.1) is 12.7 Å². The molecule has 97 valence electrons. The summed E-state index contributed by atoms with van der Waals surface area (Å²) in [7, 11) is -0.956. The van der Waals surface area contributed by atoms with Gasteiger partial charge in [-0.25, -0.2) is 0 Å². The van der Waals surface area contributed by atoms with Crippen molar-refractivity contribution in [3.63, 3.8) is 0 Å². The zero-order valence-corrected chi connectivity index (χ0v) is 12.2. The fourth-order valence-electron chi connectivity index (χ4n) is 1.63. The normalized spacial score (nSPS) is 24.8. The summed E-state index contributed by atoms with van der Waals surface area (Å²) in [6, 6.07) is 0. The number of aliphatic hydroxyl groups is 1. The number of aliphatic hydroxyl groups excluding tert-OH is 1. The van der Waals surface area contributed by atoms with Gasteiger partial charge < -0.3 is 14.8 Å². The smallest absolute Gasteiger partial charge is 0.235 e. The molecule has 0 aromatic heterocycles. The predicted molar refractivity (Wildman–Crippen MR) is 68.7 cm³/mol. The van der Waals surface area contributed by atoms with Crippen LogP contribution in [-0.4, -0.2) is 32.8 Å².